The van der Waals surface area contributed by atoms with Gasteiger partial charge in [-0.15, -0.1) is 0 Å². The molecule has 2 rings (SSSR count). The molecular weight excluding hydrogens is 422 g/mol. The molecule has 4 N–H and O–H groups in total. The van der Waals surface area contributed by atoms with Gasteiger partial charge >= 0.3 is 6.03 Å². The van der Waals surface area contributed by atoms with E-state index in [1.165, 1.54) is 5.56 Å². The first kappa shape index (κ1) is 21.8. The fourth-order valence-electron chi connectivity index (χ4n) is 2.43. The minimum absolute atomic E-state index is 0.0818. The minimum Gasteiger partial charge on any atom is -0.492 e. The molecule has 0 saturated carbocycles. The average Bonchev–Trinajstić information content (AvgIpc) is 2.62. The van der Waals surface area contributed by atoms with Crippen molar-refractivity contribution in [1.29, 1.82) is 0 Å². The lowest BCUT2D eigenvalue weighted by Gasteiger charge is -2.20. The van der Waals surface area contributed by atoms with Crippen molar-refractivity contribution in [3.8, 4) is 5.75 Å². The van der Waals surface area contributed by atoms with Gasteiger partial charge < -0.3 is 21.1 Å². The Morgan fingerprint density at radius 1 is 1.11 bits per heavy atom. The van der Waals surface area contributed by atoms with Gasteiger partial charge in [-0.25, -0.2) is 4.79 Å². The average molecular weight is 448 g/mol. The Morgan fingerprint density at radius 2 is 1.79 bits per heavy atom. The highest BCUT2D eigenvalue weighted by Crippen LogP contribution is 2.31. The van der Waals surface area contributed by atoms with Crippen molar-refractivity contribution >= 4 is 33.6 Å². The molecular formula is C21H26BrN3O3. The van der Waals surface area contributed by atoms with Gasteiger partial charge in [0.25, 0.3) is 0 Å². The van der Waals surface area contributed by atoms with Gasteiger partial charge in [0.15, 0.2) is 0 Å². The molecule has 7 heteroatoms. The van der Waals surface area contributed by atoms with Gasteiger partial charge in [0, 0.05) is 17.8 Å². The second-order valence-electron chi connectivity index (χ2n) is 7.42. The number of urea groups is 1. The molecule has 0 radical (unpaired) electrons. The summed E-state index contributed by atoms with van der Waals surface area (Å²) in [5, 5.41) is 5.46. The molecule has 150 valence electrons. The van der Waals surface area contributed by atoms with Gasteiger partial charge in [-0.1, -0.05) is 26.8 Å². The number of carbonyl (C=O) groups is 2. The van der Waals surface area contributed by atoms with Crippen molar-refractivity contribution in [3.05, 3.63) is 58.1 Å². The topological polar surface area (TPSA) is 93.4 Å². The molecule has 0 fully saturated rings. The lowest BCUT2D eigenvalue weighted by atomic mass is 9.87. The van der Waals surface area contributed by atoms with Crippen LogP contribution in [0.5, 0.6) is 5.75 Å². The summed E-state index contributed by atoms with van der Waals surface area (Å²) < 4.78 is 6.70. The zero-order chi connectivity index (χ0) is 20.7. The number of rotatable bonds is 7. The van der Waals surface area contributed by atoms with E-state index in [-0.39, 0.29) is 11.4 Å². The smallest absolute Gasteiger partial charge is 0.319 e. The molecule has 0 heterocycles. The van der Waals surface area contributed by atoms with Crippen molar-refractivity contribution in [2.24, 2.45) is 5.73 Å². The quantitative estimate of drug-likeness (QED) is 0.547. The van der Waals surface area contributed by atoms with Gasteiger partial charge in [0.1, 0.15) is 5.75 Å². The molecule has 0 saturated heterocycles. The predicted molar refractivity (Wildman–Crippen MR) is 115 cm³/mol. The van der Waals surface area contributed by atoms with Crippen LogP contribution in [-0.2, 0) is 5.41 Å². The SMILES string of the molecule is CC(C)(C)c1ccc(OCCCNC(=O)Nc2ccc(C(N)=O)cc2)c(Br)c1. The fraction of sp³-hybridized carbons (Fsp3) is 0.333. The number of hydrogen-bond acceptors (Lipinski definition) is 3. The molecule has 0 aliphatic rings. The van der Waals surface area contributed by atoms with E-state index < -0.39 is 5.91 Å². The van der Waals surface area contributed by atoms with Crippen LogP contribution >= 0.6 is 15.9 Å². The second-order valence-corrected chi connectivity index (χ2v) is 8.27. The van der Waals surface area contributed by atoms with E-state index in [4.69, 9.17) is 10.5 Å². The zero-order valence-electron chi connectivity index (χ0n) is 16.3. The number of anilines is 1. The normalized spacial score (nSPS) is 11.0. The molecule has 0 aromatic heterocycles. The van der Waals surface area contributed by atoms with Crippen LogP contribution in [0.2, 0.25) is 0 Å². The maximum Gasteiger partial charge on any atom is 0.319 e. The van der Waals surface area contributed by atoms with Crippen molar-refractivity contribution in [2.75, 3.05) is 18.5 Å². The Balaban J connectivity index is 1.71. The molecule has 2 aromatic carbocycles. The van der Waals surface area contributed by atoms with E-state index in [9.17, 15) is 9.59 Å². The summed E-state index contributed by atoms with van der Waals surface area (Å²) in [4.78, 5) is 22.9. The summed E-state index contributed by atoms with van der Waals surface area (Å²) in [6.45, 7) is 7.46. The van der Waals surface area contributed by atoms with Crippen molar-refractivity contribution in [3.63, 3.8) is 0 Å². The van der Waals surface area contributed by atoms with E-state index in [2.05, 4.69) is 59.5 Å². The molecule has 3 amide bonds. The number of benzene rings is 2. The largest absolute Gasteiger partial charge is 0.492 e. The molecule has 0 aliphatic carbocycles. The number of amides is 3. The standard InChI is InChI=1S/C21H26BrN3O3/c1-21(2,3)15-7-10-18(17(22)13-15)28-12-4-11-24-20(27)25-16-8-5-14(6-9-16)19(23)26/h5-10,13H,4,11-12H2,1-3H3,(H2,23,26)(H2,24,25,27). The summed E-state index contributed by atoms with van der Waals surface area (Å²) in [7, 11) is 0. The number of halogens is 1. The summed E-state index contributed by atoms with van der Waals surface area (Å²) in [5.74, 6) is 0.280. The summed E-state index contributed by atoms with van der Waals surface area (Å²) in [5.41, 5.74) is 7.47. The number of ether oxygens (including phenoxy) is 1. The lowest BCUT2D eigenvalue weighted by molar-refractivity contribution is 0.100. The second kappa shape index (κ2) is 9.59. The van der Waals surface area contributed by atoms with Crippen LogP contribution in [0.15, 0.2) is 46.9 Å². The van der Waals surface area contributed by atoms with Crippen molar-refractivity contribution in [2.45, 2.75) is 32.6 Å². The first-order chi connectivity index (χ1) is 13.2. The first-order valence-corrected chi connectivity index (χ1v) is 9.83. The third-order valence-electron chi connectivity index (χ3n) is 4.09. The van der Waals surface area contributed by atoms with Gasteiger partial charge in [0.05, 0.1) is 11.1 Å². The molecule has 0 spiro atoms. The third-order valence-corrected chi connectivity index (χ3v) is 4.71. The molecule has 0 atom stereocenters. The van der Waals surface area contributed by atoms with Crippen LogP contribution in [0.25, 0.3) is 0 Å². The highest BCUT2D eigenvalue weighted by atomic mass is 79.9. The summed E-state index contributed by atoms with van der Waals surface area (Å²) in [6.07, 6.45) is 0.668. The highest BCUT2D eigenvalue weighted by molar-refractivity contribution is 9.10. The fourth-order valence-corrected chi connectivity index (χ4v) is 2.93. The summed E-state index contributed by atoms with van der Waals surface area (Å²) in [6, 6.07) is 12.2. The molecule has 28 heavy (non-hydrogen) atoms. The number of nitrogens with two attached hydrogens (primary N) is 1. The number of primary amides is 1. The minimum atomic E-state index is -0.504. The maximum absolute atomic E-state index is 11.9. The van der Waals surface area contributed by atoms with Crippen LogP contribution in [0.4, 0.5) is 10.5 Å². The first-order valence-electron chi connectivity index (χ1n) is 9.04. The number of nitrogens with one attached hydrogen (secondary N) is 2. The Hall–Kier alpha value is -2.54. The van der Waals surface area contributed by atoms with Crippen LogP contribution in [0.1, 0.15) is 43.1 Å². The van der Waals surface area contributed by atoms with E-state index in [1.807, 2.05) is 6.07 Å². The van der Waals surface area contributed by atoms with Gasteiger partial charge in [-0.05, 0) is 69.7 Å². The van der Waals surface area contributed by atoms with E-state index >= 15 is 0 Å². The Kier molecular flexibility index (Phi) is 7.45. The van der Waals surface area contributed by atoms with Crippen LogP contribution in [-0.4, -0.2) is 25.1 Å². The Bertz CT molecular complexity index is 830. The van der Waals surface area contributed by atoms with E-state index in [0.717, 1.165) is 10.2 Å². The lowest BCUT2D eigenvalue weighted by Crippen LogP contribution is -2.30. The van der Waals surface area contributed by atoms with Gasteiger partial charge in [-0.3, -0.25) is 4.79 Å². The molecule has 0 bridgehead atoms. The number of carbonyl (C=O) groups excluding carboxylic acids is 2. The maximum atomic E-state index is 11.9. The van der Waals surface area contributed by atoms with Crippen molar-refractivity contribution in [1.82, 2.24) is 5.32 Å². The molecule has 0 aliphatic heterocycles. The zero-order valence-corrected chi connectivity index (χ0v) is 17.9. The van der Waals surface area contributed by atoms with Crippen LogP contribution < -0.4 is 21.1 Å². The monoisotopic (exact) mass is 447 g/mol. The molecule has 6 nitrogen and oxygen atoms in total. The summed E-state index contributed by atoms with van der Waals surface area (Å²) >= 11 is 3.55. The molecule has 0 unspecified atom stereocenters. The van der Waals surface area contributed by atoms with Crippen LogP contribution in [0, 0.1) is 0 Å². The number of hydrogen-bond donors (Lipinski definition) is 3. The third kappa shape index (κ3) is 6.56. The Labute approximate surface area is 174 Å². The predicted octanol–water partition coefficient (Wildman–Crippen LogP) is 4.44. The van der Waals surface area contributed by atoms with Crippen molar-refractivity contribution < 1.29 is 14.3 Å². The van der Waals surface area contributed by atoms with E-state index in [1.54, 1.807) is 24.3 Å². The Morgan fingerprint density at radius 3 is 2.36 bits per heavy atom. The van der Waals surface area contributed by atoms with E-state index in [0.29, 0.717) is 30.8 Å². The van der Waals surface area contributed by atoms with Gasteiger partial charge in [-0.2, -0.15) is 0 Å². The van der Waals surface area contributed by atoms with Crippen LogP contribution in [0.3, 0.4) is 0 Å². The van der Waals surface area contributed by atoms with Gasteiger partial charge in [0.2, 0.25) is 5.91 Å². The highest BCUT2D eigenvalue weighted by Gasteiger charge is 2.15. The molecule has 2 aromatic rings.